The first-order valence-corrected chi connectivity index (χ1v) is 7.15. The third-order valence-corrected chi connectivity index (χ3v) is 4.23. The number of amides is 1. The van der Waals surface area contributed by atoms with E-state index in [-0.39, 0.29) is 11.4 Å². The molecule has 1 aliphatic rings. The third-order valence-electron chi connectivity index (χ3n) is 4.00. The van der Waals surface area contributed by atoms with Gasteiger partial charge in [0.2, 0.25) is 5.91 Å². The molecule has 3 N–H and O–H groups in total. The largest absolute Gasteiger partial charge is 0.389 e. The van der Waals surface area contributed by atoms with Gasteiger partial charge in [0.25, 0.3) is 0 Å². The molecule has 0 saturated heterocycles. The van der Waals surface area contributed by atoms with Crippen LogP contribution in [0.2, 0.25) is 0 Å². The molecule has 102 valence electrons. The summed E-state index contributed by atoms with van der Waals surface area (Å²) in [6, 6.07) is 7.55. The van der Waals surface area contributed by atoms with Gasteiger partial charge in [0.15, 0.2) is 0 Å². The minimum atomic E-state index is 0.0653. The number of rotatable bonds is 5. The Kier molecular flexibility index (Phi) is 4.20. The van der Waals surface area contributed by atoms with Crippen LogP contribution in [0.5, 0.6) is 0 Å². The van der Waals surface area contributed by atoms with E-state index in [1.165, 1.54) is 6.42 Å². The van der Waals surface area contributed by atoms with Crippen molar-refractivity contribution in [2.75, 3.05) is 0 Å². The first kappa shape index (κ1) is 14.0. The maximum atomic E-state index is 12.0. The zero-order valence-electron chi connectivity index (χ0n) is 11.2. The van der Waals surface area contributed by atoms with Gasteiger partial charge >= 0.3 is 0 Å². The van der Waals surface area contributed by atoms with E-state index in [1.54, 1.807) is 0 Å². The van der Waals surface area contributed by atoms with Crippen LogP contribution in [0, 0.1) is 0 Å². The van der Waals surface area contributed by atoms with Crippen LogP contribution in [0.25, 0.3) is 0 Å². The van der Waals surface area contributed by atoms with Crippen molar-refractivity contribution in [1.82, 2.24) is 5.32 Å². The summed E-state index contributed by atoms with van der Waals surface area (Å²) in [5, 5.41) is 3.18. The fraction of sp³-hybridized carbons (Fsp3) is 0.467. The van der Waals surface area contributed by atoms with Gasteiger partial charge in [-0.2, -0.15) is 0 Å². The molecular formula is C15H20N2OS. The van der Waals surface area contributed by atoms with Crippen LogP contribution in [0.3, 0.4) is 0 Å². The summed E-state index contributed by atoms with van der Waals surface area (Å²) >= 11 is 4.90. The Labute approximate surface area is 119 Å². The number of carbonyl (C=O) groups is 1. The quantitative estimate of drug-likeness (QED) is 0.811. The lowest BCUT2D eigenvalue weighted by Crippen LogP contribution is -2.53. The maximum absolute atomic E-state index is 12.0. The number of hydrogen-bond acceptors (Lipinski definition) is 2. The van der Waals surface area contributed by atoms with Gasteiger partial charge in [0.1, 0.15) is 4.99 Å². The number of hydrogen-bond donors (Lipinski definition) is 2. The minimum Gasteiger partial charge on any atom is -0.389 e. The Morgan fingerprint density at radius 3 is 2.42 bits per heavy atom. The van der Waals surface area contributed by atoms with Crippen molar-refractivity contribution in [2.45, 2.75) is 44.6 Å². The highest BCUT2D eigenvalue weighted by molar-refractivity contribution is 7.80. The molecule has 3 nitrogen and oxygen atoms in total. The summed E-state index contributed by atoms with van der Waals surface area (Å²) in [5.74, 6) is 0.102. The van der Waals surface area contributed by atoms with Gasteiger partial charge in [0.05, 0.1) is 6.42 Å². The van der Waals surface area contributed by atoms with Gasteiger partial charge in [0, 0.05) is 11.1 Å². The van der Waals surface area contributed by atoms with Crippen molar-refractivity contribution >= 4 is 23.1 Å². The smallest absolute Gasteiger partial charge is 0.224 e. The van der Waals surface area contributed by atoms with Crippen LogP contribution >= 0.6 is 12.2 Å². The first-order chi connectivity index (χ1) is 9.04. The fourth-order valence-electron chi connectivity index (χ4n) is 2.48. The molecule has 0 spiro atoms. The molecule has 1 amide bonds. The highest BCUT2D eigenvalue weighted by Gasteiger charge is 2.36. The highest BCUT2D eigenvalue weighted by atomic mass is 32.1. The lowest BCUT2D eigenvalue weighted by Gasteiger charge is -2.42. The van der Waals surface area contributed by atoms with Crippen LogP contribution in [-0.4, -0.2) is 16.4 Å². The van der Waals surface area contributed by atoms with E-state index in [1.807, 2.05) is 24.3 Å². The zero-order chi connectivity index (χ0) is 13.9. The van der Waals surface area contributed by atoms with Gasteiger partial charge in [-0.05, 0) is 31.2 Å². The molecule has 1 fully saturated rings. The minimum absolute atomic E-state index is 0.0653. The van der Waals surface area contributed by atoms with Crippen molar-refractivity contribution < 1.29 is 4.79 Å². The second-order valence-electron chi connectivity index (χ2n) is 5.27. The lowest BCUT2D eigenvalue weighted by molar-refractivity contribution is -0.123. The lowest BCUT2D eigenvalue weighted by atomic mass is 9.75. The third kappa shape index (κ3) is 3.32. The number of thiocarbonyl (C=S) groups is 1. The number of nitrogens with one attached hydrogen (secondary N) is 1. The van der Waals surface area contributed by atoms with Crippen molar-refractivity contribution in [1.29, 1.82) is 0 Å². The second-order valence-corrected chi connectivity index (χ2v) is 5.71. The van der Waals surface area contributed by atoms with Crippen molar-refractivity contribution in [3.8, 4) is 0 Å². The standard InChI is InChI=1S/C15H20N2OS/c1-2-15(8-3-9-15)17-13(18)10-11-4-6-12(7-5-11)14(16)19/h4-7H,2-3,8-10H2,1H3,(H2,16,19)(H,17,18). The van der Waals surface area contributed by atoms with Gasteiger partial charge < -0.3 is 11.1 Å². The van der Waals surface area contributed by atoms with Gasteiger partial charge in [-0.3, -0.25) is 4.79 Å². The summed E-state index contributed by atoms with van der Waals surface area (Å²) < 4.78 is 0. The monoisotopic (exact) mass is 276 g/mol. The molecule has 4 heteroatoms. The Balaban J connectivity index is 1.93. The van der Waals surface area contributed by atoms with E-state index >= 15 is 0 Å². The van der Waals surface area contributed by atoms with Crippen molar-refractivity contribution in [3.05, 3.63) is 35.4 Å². The molecule has 0 unspecified atom stereocenters. The number of nitrogens with two attached hydrogens (primary N) is 1. The second kappa shape index (κ2) is 5.70. The molecule has 2 rings (SSSR count). The Morgan fingerprint density at radius 1 is 1.37 bits per heavy atom. The zero-order valence-corrected chi connectivity index (χ0v) is 12.1. The van der Waals surface area contributed by atoms with Gasteiger partial charge in [-0.15, -0.1) is 0 Å². The Hall–Kier alpha value is -1.42. The predicted octanol–water partition coefficient (Wildman–Crippen LogP) is 2.31. The molecule has 0 heterocycles. The van der Waals surface area contributed by atoms with Crippen LogP contribution in [0.15, 0.2) is 24.3 Å². The maximum Gasteiger partial charge on any atom is 0.224 e. The van der Waals surface area contributed by atoms with Crippen LogP contribution < -0.4 is 11.1 Å². The average Bonchev–Trinajstić information content (AvgIpc) is 2.34. The summed E-state index contributed by atoms with van der Waals surface area (Å²) in [4.78, 5) is 12.4. The summed E-state index contributed by atoms with van der Waals surface area (Å²) in [6.07, 6.45) is 4.86. The Morgan fingerprint density at radius 2 is 2.00 bits per heavy atom. The molecule has 1 aromatic carbocycles. The molecule has 1 aromatic rings. The number of carbonyl (C=O) groups excluding carboxylic acids is 1. The van der Waals surface area contributed by atoms with E-state index in [0.717, 1.165) is 30.4 Å². The van der Waals surface area contributed by atoms with Crippen LogP contribution in [0.4, 0.5) is 0 Å². The van der Waals surface area contributed by atoms with Crippen LogP contribution in [0.1, 0.15) is 43.7 Å². The molecule has 19 heavy (non-hydrogen) atoms. The summed E-state index contributed by atoms with van der Waals surface area (Å²) in [6.45, 7) is 2.14. The van der Waals surface area contributed by atoms with Gasteiger partial charge in [-0.25, -0.2) is 0 Å². The first-order valence-electron chi connectivity index (χ1n) is 6.74. The molecule has 0 radical (unpaired) electrons. The molecule has 1 saturated carbocycles. The van der Waals surface area contributed by atoms with E-state index < -0.39 is 0 Å². The van der Waals surface area contributed by atoms with Gasteiger partial charge in [-0.1, -0.05) is 43.4 Å². The van der Waals surface area contributed by atoms with Crippen molar-refractivity contribution in [2.24, 2.45) is 5.73 Å². The molecular weight excluding hydrogens is 256 g/mol. The summed E-state index contributed by atoms with van der Waals surface area (Å²) in [7, 11) is 0. The number of benzene rings is 1. The fourth-order valence-corrected chi connectivity index (χ4v) is 2.62. The Bertz CT molecular complexity index is 472. The molecule has 0 aromatic heterocycles. The highest BCUT2D eigenvalue weighted by Crippen LogP contribution is 2.34. The topological polar surface area (TPSA) is 55.1 Å². The van der Waals surface area contributed by atoms with Crippen LogP contribution in [-0.2, 0) is 11.2 Å². The van der Waals surface area contributed by atoms with E-state index in [0.29, 0.717) is 11.4 Å². The molecule has 1 aliphatic carbocycles. The molecule has 0 atom stereocenters. The SMILES string of the molecule is CCC1(NC(=O)Cc2ccc(C(N)=S)cc2)CCC1. The summed E-state index contributed by atoms with van der Waals surface area (Å²) in [5.41, 5.74) is 7.43. The van der Waals surface area contributed by atoms with E-state index in [9.17, 15) is 4.79 Å². The average molecular weight is 276 g/mol. The normalized spacial score (nSPS) is 16.5. The van der Waals surface area contributed by atoms with Crippen molar-refractivity contribution in [3.63, 3.8) is 0 Å². The van der Waals surface area contributed by atoms with E-state index in [2.05, 4.69) is 12.2 Å². The molecule has 0 aliphatic heterocycles. The predicted molar refractivity (Wildman–Crippen MR) is 81.0 cm³/mol. The van der Waals surface area contributed by atoms with E-state index in [4.69, 9.17) is 18.0 Å². The molecule has 0 bridgehead atoms.